The third kappa shape index (κ3) is 3.21. The van der Waals surface area contributed by atoms with Crippen molar-refractivity contribution in [2.24, 2.45) is 11.3 Å². The van der Waals surface area contributed by atoms with Crippen molar-refractivity contribution in [3.05, 3.63) is 0 Å². The fraction of sp³-hybridized carbons (Fsp3) is 0.733. The van der Waals surface area contributed by atoms with E-state index in [-0.39, 0.29) is 6.61 Å². The van der Waals surface area contributed by atoms with Crippen molar-refractivity contribution >= 4 is 17.8 Å². The number of hydrogen-bond acceptors (Lipinski definition) is 7. The molecule has 8 heteroatoms. The van der Waals surface area contributed by atoms with Crippen LogP contribution in [-0.2, 0) is 24.0 Å². The first-order valence-corrected chi connectivity index (χ1v) is 7.84. The molecule has 0 aromatic carbocycles. The average molecular weight is 323 g/mol. The maximum absolute atomic E-state index is 12.7. The minimum Gasteiger partial charge on any atom is -0.465 e. The fourth-order valence-electron chi connectivity index (χ4n) is 3.10. The number of rotatable bonds is 6. The molecule has 2 fully saturated rings. The summed E-state index contributed by atoms with van der Waals surface area (Å²) in [4.78, 5) is 42.6. The van der Waals surface area contributed by atoms with E-state index in [0.29, 0.717) is 37.4 Å². The summed E-state index contributed by atoms with van der Waals surface area (Å²) in [5.41, 5.74) is -1.12. The molecule has 8 nitrogen and oxygen atoms in total. The molecule has 2 amide bonds. The number of imide groups is 1. The summed E-state index contributed by atoms with van der Waals surface area (Å²) in [5, 5.41) is 12.3. The zero-order valence-electron chi connectivity index (χ0n) is 13.2. The summed E-state index contributed by atoms with van der Waals surface area (Å²) in [6.07, 6.45) is 2.27. The summed E-state index contributed by atoms with van der Waals surface area (Å²) >= 11 is 0. The van der Waals surface area contributed by atoms with Gasteiger partial charge in [0.2, 0.25) is 0 Å². The Kier molecular flexibility index (Phi) is 5.69. The zero-order chi connectivity index (χ0) is 16.9. The van der Waals surface area contributed by atoms with Gasteiger partial charge in [-0.2, -0.15) is 10.3 Å². The molecule has 2 aliphatic heterocycles. The number of amides is 2. The molecule has 2 rings (SSSR count). The summed E-state index contributed by atoms with van der Waals surface area (Å²) < 4.78 is 5.19. The zero-order valence-corrected chi connectivity index (χ0v) is 13.2. The highest BCUT2D eigenvalue weighted by atomic mass is 16.7. The summed E-state index contributed by atoms with van der Waals surface area (Å²) in [5.74, 6) is -3.14. The molecule has 2 heterocycles. The van der Waals surface area contributed by atoms with Crippen LogP contribution in [0.4, 0.5) is 0 Å². The molecule has 0 aliphatic carbocycles. The number of carbonyl (C=O) groups excluding carboxylic acids is 3. The summed E-state index contributed by atoms with van der Waals surface area (Å²) in [7, 11) is 0. The molecule has 1 unspecified atom stereocenters. The molecule has 0 bridgehead atoms. The number of nitrogens with one attached hydrogen (secondary N) is 1. The molecule has 2 saturated heterocycles. The Morgan fingerprint density at radius 1 is 1.43 bits per heavy atom. The second-order valence-corrected chi connectivity index (χ2v) is 5.73. The molecule has 126 valence electrons. The standard InChI is InChI=1S/C15H21N3O5/c1-2-3-9-22-13(20)11-12(19)18(23-10-6-16)14(21)15(11)4-7-17-8-5-15/h11,17H,2-5,7-10H2,1H3. The normalized spacial score (nSPS) is 23.1. The Balaban J connectivity index is 2.24. The molecule has 23 heavy (non-hydrogen) atoms. The molecule has 0 radical (unpaired) electrons. The third-order valence-corrected chi connectivity index (χ3v) is 4.34. The van der Waals surface area contributed by atoms with Crippen LogP contribution in [-0.4, -0.2) is 49.2 Å². The minimum atomic E-state index is -1.19. The van der Waals surface area contributed by atoms with E-state index in [1.54, 1.807) is 6.07 Å². The van der Waals surface area contributed by atoms with Gasteiger partial charge >= 0.3 is 5.97 Å². The number of carbonyl (C=O) groups is 3. The van der Waals surface area contributed by atoms with Gasteiger partial charge in [-0.15, -0.1) is 0 Å². The molecular formula is C15H21N3O5. The second-order valence-electron chi connectivity index (χ2n) is 5.73. The molecule has 1 N–H and O–H groups in total. The van der Waals surface area contributed by atoms with Gasteiger partial charge in [0, 0.05) is 0 Å². The van der Waals surface area contributed by atoms with Crippen LogP contribution in [0.2, 0.25) is 0 Å². The lowest BCUT2D eigenvalue weighted by atomic mass is 9.70. The van der Waals surface area contributed by atoms with Gasteiger partial charge in [0.15, 0.2) is 12.5 Å². The number of ether oxygens (including phenoxy) is 1. The third-order valence-electron chi connectivity index (χ3n) is 4.34. The number of unbranched alkanes of at least 4 members (excludes halogenated alkanes) is 1. The van der Waals surface area contributed by atoms with Gasteiger partial charge < -0.3 is 10.1 Å². The Labute approximate surface area is 134 Å². The molecule has 0 aromatic heterocycles. The summed E-state index contributed by atoms with van der Waals surface area (Å²) in [6, 6.07) is 1.72. The van der Waals surface area contributed by atoms with Crippen molar-refractivity contribution in [3.8, 4) is 6.07 Å². The van der Waals surface area contributed by atoms with Crippen LogP contribution in [0.15, 0.2) is 0 Å². The number of nitriles is 1. The van der Waals surface area contributed by atoms with Gasteiger partial charge in [0.25, 0.3) is 11.8 Å². The molecule has 0 saturated carbocycles. The van der Waals surface area contributed by atoms with Crippen LogP contribution in [0.25, 0.3) is 0 Å². The Morgan fingerprint density at radius 3 is 2.74 bits per heavy atom. The van der Waals surface area contributed by atoms with Gasteiger partial charge in [-0.25, -0.2) is 4.84 Å². The van der Waals surface area contributed by atoms with Crippen molar-refractivity contribution < 1.29 is 24.0 Å². The lowest BCUT2D eigenvalue weighted by Crippen LogP contribution is -2.47. The molecule has 2 aliphatic rings. The molecule has 1 spiro atoms. The predicted octanol–water partition coefficient (Wildman–Crippen LogP) is 0.140. The van der Waals surface area contributed by atoms with Gasteiger partial charge in [-0.05, 0) is 32.4 Å². The first kappa shape index (κ1) is 17.4. The summed E-state index contributed by atoms with van der Waals surface area (Å²) in [6.45, 7) is 2.82. The van der Waals surface area contributed by atoms with Gasteiger partial charge in [-0.1, -0.05) is 13.3 Å². The van der Waals surface area contributed by atoms with Gasteiger partial charge in [0.1, 0.15) is 0 Å². The van der Waals surface area contributed by atoms with Crippen LogP contribution in [0.5, 0.6) is 0 Å². The smallest absolute Gasteiger partial charge is 0.319 e. The first-order valence-electron chi connectivity index (χ1n) is 7.84. The average Bonchev–Trinajstić information content (AvgIpc) is 2.74. The number of hydrogen-bond donors (Lipinski definition) is 1. The van der Waals surface area contributed by atoms with Crippen molar-refractivity contribution in [1.82, 2.24) is 10.4 Å². The van der Waals surface area contributed by atoms with Gasteiger partial charge in [0.05, 0.1) is 18.1 Å². The van der Waals surface area contributed by atoms with E-state index in [9.17, 15) is 14.4 Å². The highest BCUT2D eigenvalue weighted by molar-refractivity contribution is 6.15. The van der Waals surface area contributed by atoms with E-state index in [0.717, 1.165) is 6.42 Å². The second kappa shape index (κ2) is 7.53. The maximum atomic E-state index is 12.7. The van der Waals surface area contributed by atoms with Crippen molar-refractivity contribution in [1.29, 1.82) is 5.26 Å². The monoisotopic (exact) mass is 323 g/mol. The SMILES string of the molecule is CCCCOC(=O)C1C(=O)N(OCC#N)C(=O)C12CCNCC2. The van der Waals surface area contributed by atoms with Crippen LogP contribution < -0.4 is 5.32 Å². The van der Waals surface area contributed by atoms with E-state index >= 15 is 0 Å². The molecular weight excluding hydrogens is 302 g/mol. The van der Waals surface area contributed by atoms with Crippen LogP contribution in [0.3, 0.4) is 0 Å². The van der Waals surface area contributed by atoms with E-state index in [1.807, 2.05) is 6.92 Å². The van der Waals surface area contributed by atoms with E-state index < -0.39 is 35.7 Å². The van der Waals surface area contributed by atoms with Crippen LogP contribution in [0.1, 0.15) is 32.6 Å². The highest BCUT2D eigenvalue weighted by Gasteiger charge is 2.63. The number of esters is 1. The lowest BCUT2D eigenvalue weighted by Gasteiger charge is -2.34. The van der Waals surface area contributed by atoms with Crippen LogP contribution >= 0.6 is 0 Å². The first-order chi connectivity index (χ1) is 11.1. The molecule has 1 atom stereocenters. The van der Waals surface area contributed by atoms with Gasteiger partial charge in [-0.3, -0.25) is 14.4 Å². The van der Waals surface area contributed by atoms with Crippen LogP contribution in [0, 0.1) is 22.7 Å². The van der Waals surface area contributed by atoms with E-state index in [2.05, 4.69) is 5.32 Å². The van der Waals surface area contributed by atoms with Crippen molar-refractivity contribution in [2.75, 3.05) is 26.3 Å². The quantitative estimate of drug-likeness (QED) is 0.320. The van der Waals surface area contributed by atoms with E-state index in [1.165, 1.54) is 0 Å². The van der Waals surface area contributed by atoms with E-state index in [4.69, 9.17) is 14.8 Å². The number of nitrogens with zero attached hydrogens (tertiary/aromatic N) is 2. The highest BCUT2D eigenvalue weighted by Crippen LogP contribution is 2.46. The van der Waals surface area contributed by atoms with Crippen molar-refractivity contribution in [2.45, 2.75) is 32.6 Å². The molecule has 0 aromatic rings. The predicted molar refractivity (Wildman–Crippen MR) is 77.3 cm³/mol. The fourth-order valence-corrected chi connectivity index (χ4v) is 3.10. The minimum absolute atomic E-state index is 0.223. The Morgan fingerprint density at radius 2 is 2.13 bits per heavy atom. The maximum Gasteiger partial charge on any atom is 0.319 e. The largest absolute Gasteiger partial charge is 0.465 e. The van der Waals surface area contributed by atoms with Crippen molar-refractivity contribution in [3.63, 3.8) is 0 Å². The Hall–Kier alpha value is -1.98. The Bertz CT molecular complexity index is 522. The lowest BCUT2D eigenvalue weighted by molar-refractivity contribution is -0.187. The topological polar surface area (TPSA) is 109 Å². The number of hydroxylamine groups is 2. The number of piperidine rings is 1.